The molecule has 4 rings (SSSR count). The number of halogens is 1. The number of rotatable bonds is 5. The maximum atomic E-state index is 12.7. The number of fused-ring (bicyclic) bond motifs is 3. The average molecular weight is 397 g/mol. The summed E-state index contributed by atoms with van der Waals surface area (Å²) in [6.07, 6.45) is 0.663. The minimum atomic E-state index is -0.296. The van der Waals surface area contributed by atoms with Crippen LogP contribution in [0.1, 0.15) is 13.3 Å². The number of benzene rings is 2. The van der Waals surface area contributed by atoms with E-state index in [0.717, 1.165) is 16.6 Å². The quantitative estimate of drug-likeness (QED) is 0.480. The van der Waals surface area contributed by atoms with Gasteiger partial charge in [0.1, 0.15) is 0 Å². The van der Waals surface area contributed by atoms with E-state index < -0.39 is 0 Å². The highest BCUT2D eigenvalue weighted by molar-refractivity contribution is 8.00. The van der Waals surface area contributed by atoms with Gasteiger partial charge in [-0.25, -0.2) is 0 Å². The lowest BCUT2D eigenvalue weighted by molar-refractivity contribution is -0.115. The van der Waals surface area contributed by atoms with Gasteiger partial charge in [0.05, 0.1) is 10.8 Å². The van der Waals surface area contributed by atoms with Crippen molar-refractivity contribution in [1.29, 1.82) is 0 Å². The summed E-state index contributed by atoms with van der Waals surface area (Å²) in [7, 11) is 0. The Labute approximate surface area is 165 Å². The van der Waals surface area contributed by atoms with Gasteiger partial charge in [-0.05, 0) is 48.2 Å². The van der Waals surface area contributed by atoms with Crippen molar-refractivity contribution in [2.24, 2.45) is 0 Å². The van der Waals surface area contributed by atoms with E-state index in [9.17, 15) is 4.79 Å². The van der Waals surface area contributed by atoms with E-state index in [1.807, 2.05) is 59.9 Å². The SMILES string of the molecule is CCC(Sc1nnc2ccc3ccccc3n12)C(=O)Nc1cccc(Cl)c1. The maximum absolute atomic E-state index is 12.7. The van der Waals surface area contributed by atoms with Crippen LogP contribution in [0.4, 0.5) is 5.69 Å². The van der Waals surface area contributed by atoms with Crippen LogP contribution in [0, 0.1) is 0 Å². The number of amides is 1. The minimum Gasteiger partial charge on any atom is -0.325 e. The third-order valence-corrected chi connectivity index (χ3v) is 5.79. The van der Waals surface area contributed by atoms with Gasteiger partial charge >= 0.3 is 0 Å². The number of nitrogens with one attached hydrogen (secondary N) is 1. The summed E-state index contributed by atoms with van der Waals surface area (Å²) in [5, 5.41) is 13.6. The Bertz CT molecular complexity index is 1130. The zero-order valence-electron chi connectivity index (χ0n) is 14.6. The van der Waals surface area contributed by atoms with Crippen molar-refractivity contribution in [3.63, 3.8) is 0 Å². The predicted molar refractivity (Wildman–Crippen MR) is 111 cm³/mol. The number of para-hydroxylation sites is 1. The number of pyridine rings is 1. The third-order valence-electron chi connectivity index (χ3n) is 4.25. The van der Waals surface area contributed by atoms with Gasteiger partial charge in [0.2, 0.25) is 5.91 Å². The Kier molecular flexibility index (Phi) is 5.01. The van der Waals surface area contributed by atoms with E-state index in [0.29, 0.717) is 22.3 Å². The zero-order chi connectivity index (χ0) is 18.8. The van der Waals surface area contributed by atoms with Crippen LogP contribution >= 0.6 is 23.4 Å². The first-order valence-electron chi connectivity index (χ1n) is 8.61. The van der Waals surface area contributed by atoms with Crippen molar-refractivity contribution in [2.45, 2.75) is 23.8 Å². The summed E-state index contributed by atoms with van der Waals surface area (Å²) < 4.78 is 2.00. The smallest absolute Gasteiger partial charge is 0.237 e. The molecular weight excluding hydrogens is 380 g/mol. The number of nitrogens with zero attached hydrogens (tertiary/aromatic N) is 3. The fourth-order valence-electron chi connectivity index (χ4n) is 2.93. The van der Waals surface area contributed by atoms with Crippen LogP contribution in [0.3, 0.4) is 0 Å². The molecule has 0 radical (unpaired) electrons. The van der Waals surface area contributed by atoms with Crippen LogP contribution < -0.4 is 5.32 Å². The largest absolute Gasteiger partial charge is 0.325 e. The summed E-state index contributed by atoms with van der Waals surface area (Å²) in [5.41, 5.74) is 2.47. The van der Waals surface area contributed by atoms with Crippen molar-refractivity contribution in [3.8, 4) is 0 Å². The standard InChI is InChI=1S/C20H17ClN4OS/c1-2-17(19(26)22-15-8-5-7-14(21)12-15)27-20-24-23-18-11-10-13-6-3-4-9-16(13)25(18)20/h3-12,17H,2H2,1H3,(H,22,26). The maximum Gasteiger partial charge on any atom is 0.237 e. The molecule has 0 spiro atoms. The number of hydrogen-bond donors (Lipinski definition) is 1. The van der Waals surface area contributed by atoms with Gasteiger partial charge in [0.25, 0.3) is 0 Å². The Hall–Kier alpha value is -2.57. The lowest BCUT2D eigenvalue weighted by Crippen LogP contribution is -2.24. The molecule has 0 saturated carbocycles. The zero-order valence-corrected chi connectivity index (χ0v) is 16.2. The molecule has 5 nitrogen and oxygen atoms in total. The highest BCUT2D eigenvalue weighted by Gasteiger charge is 2.21. The van der Waals surface area contributed by atoms with E-state index in [4.69, 9.17) is 11.6 Å². The molecule has 1 amide bonds. The molecule has 7 heteroatoms. The van der Waals surface area contributed by atoms with Gasteiger partial charge in [0.15, 0.2) is 10.8 Å². The summed E-state index contributed by atoms with van der Waals surface area (Å²) in [4.78, 5) is 12.7. The normalized spacial score (nSPS) is 12.4. The first kappa shape index (κ1) is 17.8. The lowest BCUT2D eigenvalue weighted by atomic mass is 10.2. The van der Waals surface area contributed by atoms with Crippen molar-refractivity contribution < 1.29 is 4.79 Å². The molecule has 2 aromatic carbocycles. The van der Waals surface area contributed by atoms with E-state index in [1.165, 1.54) is 11.8 Å². The number of hydrogen-bond acceptors (Lipinski definition) is 4. The Morgan fingerprint density at radius 1 is 1.15 bits per heavy atom. The second-order valence-electron chi connectivity index (χ2n) is 6.08. The molecule has 1 N–H and O–H groups in total. The molecule has 0 fully saturated rings. The highest BCUT2D eigenvalue weighted by Crippen LogP contribution is 2.28. The van der Waals surface area contributed by atoms with Gasteiger partial charge < -0.3 is 5.32 Å². The molecule has 0 aliphatic heterocycles. The molecule has 0 aliphatic rings. The van der Waals surface area contributed by atoms with Gasteiger partial charge in [-0.1, -0.05) is 54.6 Å². The van der Waals surface area contributed by atoms with Crippen molar-refractivity contribution in [3.05, 3.63) is 65.7 Å². The predicted octanol–water partition coefficient (Wildman–Crippen LogP) is 5.05. The topological polar surface area (TPSA) is 59.3 Å². The molecule has 1 atom stereocenters. The summed E-state index contributed by atoms with van der Waals surface area (Å²) >= 11 is 7.42. The minimum absolute atomic E-state index is 0.0817. The van der Waals surface area contributed by atoms with Crippen molar-refractivity contribution >= 4 is 51.5 Å². The third kappa shape index (κ3) is 3.63. The fraction of sp³-hybridized carbons (Fsp3) is 0.150. The van der Waals surface area contributed by atoms with Crippen LogP contribution in [0.15, 0.2) is 65.8 Å². The first-order valence-corrected chi connectivity index (χ1v) is 9.87. The molecule has 2 heterocycles. The molecule has 0 bridgehead atoms. The monoisotopic (exact) mass is 396 g/mol. The van der Waals surface area contributed by atoms with Crippen LogP contribution in [-0.4, -0.2) is 25.8 Å². The van der Waals surface area contributed by atoms with Crippen LogP contribution in [-0.2, 0) is 4.79 Å². The molecule has 0 aliphatic carbocycles. The van der Waals surface area contributed by atoms with E-state index in [1.54, 1.807) is 12.1 Å². The molecule has 0 saturated heterocycles. The van der Waals surface area contributed by atoms with Crippen LogP contribution in [0.25, 0.3) is 16.6 Å². The highest BCUT2D eigenvalue weighted by atomic mass is 35.5. The summed E-state index contributed by atoms with van der Waals surface area (Å²) in [5.74, 6) is -0.0817. The van der Waals surface area contributed by atoms with E-state index in [-0.39, 0.29) is 11.2 Å². The summed E-state index contributed by atoms with van der Waals surface area (Å²) in [6, 6.07) is 19.2. The molecular formula is C20H17ClN4OS. The van der Waals surface area contributed by atoms with E-state index >= 15 is 0 Å². The molecule has 27 heavy (non-hydrogen) atoms. The average Bonchev–Trinajstić information content (AvgIpc) is 3.09. The molecule has 2 aromatic heterocycles. The second kappa shape index (κ2) is 7.58. The Balaban J connectivity index is 1.63. The first-order chi connectivity index (χ1) is 13.2. The van der Waals surface area contributed by atoms with Gasteiger partial charge in [-0.2, -0.15) is 0 Å². The van der Waals surface area contributed by atoms with Crippen LogP contribution in [0.5, 0.6) is 0 Å². The number of thioether (sulfide) groups is 1. The van der Waals surface area contributed by atoms with Gasteiger partial charge in [0, 0.05) is 10.7 Å². The van der Waals surface area contributed by atoms with Crippen LogP contribution in [0.2, 0.25) is 5.02 Å². The summed E-state index contributed by atoms with van der Waals surface area (Å²) in [6.45, 7) is 1.98. The Morgan fingerprint density at radius 2 is 2.00 bits per heavy atom. The number of anilines is 1. The fourth-order valence-corrected chi connectivity index (χ4v) is 4.09. The van der Waals surface area contributed by atoms with Gasteiger partial charge in [-0.3, -0.25) is 9.20 Å². The Morgan fingerprint density at radius 3 is 2.81 bits per heavy atom. The molecule has 1 unspecified atom stereocenters. The van der Waals surface area contributed by atoms with Crippen molar-refractivity contribution in [2.75, 3.05) is 5.32 Å². The molecule has 136 valence electrons. The lowest BCUT2D eigenvalue weighted by Gasteiger charge is -2.14. The second-order valence-corrected chi connectivity index (χ2v) is 7.69. The van der Waals surface area contributed by atoms with E-state index in [2.05, 4.69) is 15.5 Å². The van der Waals surface area contributed by atoms with Gasteiger partial charge in [-0.15, -0.1) is 10.2 Å². The number of carbonyl (C=O) groups excluding carboxylic acids is 1. The number of carbonyl (C=O) groups is 1. The molecule has 4 aromatic rings. The van der Waals surface area contributed by atoms with Crippen molar-refractivity contribution in [1.82, 2.24) is 14.6 Å². The number of aromatic nitrogens is 3.